The van der Waals surface area contributed by atoms with Crippen molar-refractivity contribution in [2.45, 2.75) is 25.7 Å². The van der Waals surface area contributed by atoms with Crippen molar-refractivity contribution in [1.29, 1.82) is 0 Å². The summed E-state index contributed by atoms with van der Waals surface area (Å²) in [5.74, 6) is 1.86. The minimum Gasteiger partial charge on any atom is -0.316 e. The summed E-state index contributed by atoms with van der Waals surface area (Å²) in [4.78, 5) is 0. The van der Waals surface area contributed by atoms with Crippen molar-refractivity contribution in [3.8, 4) is 0 Å². The minimum atomic E-state index is 0.790. The predicted molar refractivity (Wildman–Crippen MR) is 74.6 cm³/mol. The number of nitrogens with zero attached hydrogens (tertiary/aromatic N) is 3. The van der Waals surface area contributed by atoms with Gasteiger partial charge in [0.05, 0.1) is 0 Å². The molecule has 3 heterocycles. The maximum Gasteiger partial charge on any atom is 0.160 e. The van der Waals surface area contributed by atoms with Crippen LogP contribution in [0.5, 0.6) is 0 Å². The minimum absolute atomic E-state index is 0.790. The van der Waals surface area contributed by atoms with Crippen molar-refractivity contribution in [2.24, 2.45) is 5.92 Å². The van der Waals surface area contributed by atoms with Gasteiger partial charge in [0.2, 0.25) is 0 Å². The van der Waals surface area contributed by atoms with Gasteiger partial charge in [0.25, 0.3) is 0 Å². The lowest BCUT2D eigenvalue weighted by atomic mass is 9.94. The largest absolute Gasteiger partial charge is 0.316 e. The first-order valence-corrected chi connectivity index (χ1v) is 7.32. The predicted octanol–water partition coefficient (Wildman–Crippen LogP) is 2.42. The van der Waals surface area contributed by atoms with Gasteiger partial charge >= 0.3 is 0 Å². The first-order chi connectivity index (χ1) is 8.83. The summed E-state index contributed by atoms with van der Waals surface area (Å²) in [5, 5.41) is 12.0. The Balaban J connectivity index is 1.72. The van der Waals surface area contributed by atoms with Gasteiger partial charge < -0.3 is 5.32 Å². The number of pyridine rings is 1. The molecule has 1 aliphatic heterocycles. The van der Waals surface area contributed by atoms with Crippen molar-refractivity contribution >= 4 is 21.6 Å². The van der Waals surface area contributed by atoms with E-state index in [1.54, 1.807) is 0 Å². The van der Waals surface area contributed by atoms with Gasteiger partial charge in [-0.25, -0.2) is 0 Å². The fraction of sp³-hybridized carbons (Fsp3) is 0.538. The van der Waals surface area contributed by atoms with Gasteiger partial charge in [-0.05, 0) is 66.3 Å². The lowest BCUT2D eigenvalue weighted by Crippen LogP contribution is -2.30. The molecule has 0 aliphatic carbocycles. The first-order valence-electron chi connectivity index (χ1n) is 6.53. The molecule has 1 fully saturated rings. The summed E-state index contributed by atoms with van der Waals surface area (Å²) in [5.41, 5.74) is 0.926. The number of rotatable bonds is 3. The van der Waals surface area contributed by atoms with Gasteiger partial charge in [0.1, 0.15) is 5.82 Å². The lowest BCUT2D eigenvalue weighted by Gasteiger charge is -2.22. The van der Waals surface area contributed by atoms with E-state index in [-0.39, 0.29) is 0 Å². The van der Waals surface area contributed by atoms with E-state index in [0.29, 0.717) is 0 Å². The highest BCUT2D eigenvalue weighted by molar-refractivity contribution is 9.10. The Morgan fingerprint density at radius 2 is 2.33 bits per heavy atom. The second kappa shape index (κ2) is 5.36. The van der Waals surface area contributed by atoms with E-state index in [1.807, 2.05) is 18.3 Å². The molecule has 1 unspecified atom stereocenters. The molecule has 3 rings (SSSR count). The normalized spacial score (nSPS) is 20.4. The molecule has 1 aliphatic rings. The molecule has 0 saturated carbocycles. The number of piperidine rings is 1. The Labute approximate surface area is 115 Å². The Bertz CT molecular complexity index is 531. The molecule has 4 nitrogen and oxygen atoms in total. The van der Waals surface area contributed by atoms with E-state index < -0.39 is 0 Å². The van der Waals surface area contributed by atoms with Crippen LogP contribution in [0, 0.1) is 5.92 Å². The maximum atomic E-state index is 4.29. The summed E-state index contributed by atoms with van der Waals surface area (Å²) in [6, 6.07) is 3.99. The smallest absolute Gasteiger partial charge is 0.160 e. The highest BCUT2D eigenvalue weighted by Gasteiger charge is 2.14. The van der Waals surface area contributed by atoms with E-state index in [0.717, 1.165) is 34.8 Å². The highest BCUT2D eigenvalue weighted by Crippen LogP contribution is 2.18. The van der Waals surface area contributed by atoms with Gasteiger partial charge in [0, 0.05) is 17.1 Å². The number of hydrogen-bond donors (Lipinski definition) is 1. The van der Waals surface area contributed by atoms with Crippen LogP contribution in [0.15, 0.2) is 22.8 Å². The van der Waals surface area contributed by atoms with Gasteiger partial charge in [0.15, 0.2) is 5.65 Å². The zero-order chi connectivity index (χ0) is 12.4. The number of aromatic nitrogens is 3. The first kappa shape index (κ1) is 12.1. The summed E-state index contributed by atoms with van der Waals surface area (Å²) in [6.45, 7) is 2.33. The van der Waals surface area contributed by atoms with E-state index in [2.05, 4.69) is 35.8 Å². The van der Waals surface area contributed by atoms with E-state index in [9.17, 15) is 0 Å². The van der Waals surface area contributed by atoms with Gasteiger partial charge in [-0.15, -0.1) is 10.2 Å². The van der Waals surface area contributed by atoms with Crippen LogP contribution >= 0.6 is 15.9 Å². The van der Waals surface area contributed by atoms with Crippen LogP contribution in [0.4, 0.5) is 0 Å². The fourth-order valence-corrected chi connectivity index (χ4v) is 2.92. The maximum absolute atomic E-state index is 4.29. The van der Waals surface area contributed by atoms with Crippen LogP contribution in [0.1, 0.15) is 25.1 Å². The molecule has 2 aromatic heterocycles. The molecule has 96 valence electrons. The molecule has 5 heteroatoms. The van der Waals surface area contributed by atoms with Crippen LogP contribution in [-0.2, 0) is 6.42 Å². The number of halogens is 1. The molecule has 0 aromatic carbocycles. The van der Waals surface area contributed by atoms with E-state index >= 15 is 0 Å². The van der Waals surface area contributed by atoms with Crippen LogP contribution < -0.4 is 5.32 Å². The van der Waals surface area contributed by atoms with Crippen LogP contribution in [0.25, 0.3) is 5.65 Å². The Morgan fingerprint density at radius 3 is 3.17 bits per heavy atom. The second-order valence-electron chi connectivity index (χ2n) is 4.94. The number of fused-ring (bicyclic) bond motifs is 1. The van der Waals surface area contributed by atoms with Crippen LogP contribution in [-0.4, -0.2) is 27.7 Å². The van der Waals surface area contributed by atoms with Crippen molar-refractivity contribution < 1.29 is 0 Å². The number of aryl methyl sites for hydroxylation is 1. The quantitative estimate of drug-likeness (QED) is 0.947. The zero-order valence-corrected chi connectivity index (χ0v) is 11.9. The molecule has 0 bridgehead atoms. The number of hydrogen-bond acceptors (Lipinski definition) is 3. The highest BCUT2D eigenvalue weighted by atomic mass is 79.9. The molecule has 2 aromatic rings. The van der Waals surface area contributed by atoms with E-state index in [4.69, 9.17) is 0 Å². The second-order valence-corrected chi connectivity index (χ2v) is 5.86. The summed E-state index contributed by atoms with van der Waals surface area (Å²) >= 11 is 3.49. The Hall–Kier alpha value is -0.940. The zero-order valence-electron chi connectivity index (χ0n) is 10.3. The third-order valence-electron chi connectivity index (χ3n) is 3.61. The number of nitrogens with one attached hydrogen (secondary N) is 1. The standard InChI is InChI=1S/C13H17BrN4/c14-11-4-6-13-17-16-12(18(13)9-11)5-3-10-2-1-7-15-8-10/h4,6,9-10,15H,1-3,5,7-8H2. The third kappa shape index (κ3) is 2.57. The molecule has 1 atom stereocenters. The van der Waals surface area contributed by atoms with E-state index in [1.165, 1.54) is 25.8 Å². The fourth-order valence-electron chi connectivity index (χ4n) is 2.59. The Kier molecular flexibility index (Phi) is 3.61. The van der Waals surface area contributed by atoms with Gasteiger partial charge in [-0.3, -0.25) is 4.40 Å². The topological polar surface area (TPSA) is 42.2 Å². The van der Waals surface area contributed by atoms with Crippen LogP contribution in [0.2, 0.25) is 0 Å². The third-order valence-corrected chi connectivity index (χ3v) is 4.08. The molecule has 0 radical (unpaired) electrons. The molecule has 0 spiro atoms. The Morgan fingerprint density at radius 1 is 1.39 bits per heavy atom. The molecule has 18 heavy (non-hydrogen) atoms. The van der Waals surface area contributed by atoms with Gasteiger partial charge in [-0.2, -0.15) is 0 Å². The van der Waals surface area contributed by atoms with Crippen molar-refractivity contribution in [2.75, 3.05) is 13.1 Å². The molecule has 0 amide bonds. The molecule has 1 saturated heterocycles. The van der Waals surface area contributed by atoms with Crippen molar-refractivity contribution in [1.82, 2.24) is 19.9 Å². The monoisotopic (exact) mass is 308 g/mol. The molecular formula is C13H17BrN4. The van der Waals surface area contributed by atoms with Crippen molar-refractivity contribution in [3.63, 3.8) is 0 Å². The van der Waals surface area contributed by atoms with Gasteiger partial charge in [-0.1, -0.05) is 0 Å². The summed E-state index contributed by atoms with van der Waals surface area (Å²) in [7, 11) is 0. The summed E-state index contributed by atoms with van der Waals surface area (Å²) < 4.78 is 3.15. The van der Waals surface area contributed by atoms with Crippen LogP contribution in [0.3, 0.4) is 0 Å². The SMILES string of the molecule is Brc1ccc2nnc(CCC3CCCNC3)n2c1. The molecule has 1 N–H and O–H groups in total. The molecular weight excluding hydrogens is 292 g/mol. The average Bonchev–Trinajstić information content (AvgIpc) is 2.80. The van der Waals surface area contributed by atoms with Crippen molar-refractivity contribution in [3.05, 3.63) is 28.6 Å². The summed E-state index contributed by atoms with van der Waals surface area (Å²) in [6.07, 6.45) is 6.89. The average molecular weight is 309 g/mol. The lowest BCUT2D eigenvalue weighted by molar-refractivity contribution is 0.356.